The number of benzene rings is 2. The number of rotatable bonds is 4. The molecule has 2 aromatic carbocycles. The van der Waals surface area contributed by atoms with Gasteiger partial charge in [0.1, 0.15) is 11.6 Å². The summed E-state index contributed by atoms with van der Waals surface area (Å²) in [4.78, 5) is 11.6. The van der Waals surface area contributed by atoms with Gasteiger partial charge >= 0.3 is 5.97 Å². The zero-order chi connectivity index (χ0) is 14.7. The molecular weight excluding hydrogens is 350 g/mol. The van der Waals surface area contributed by atoms with Crippen LogP contribution in [0, 0.1) is 11.6 Å². The molecule has 0 spiro atoms. The maximum Gasteiger partial charge on any atom is 0.336 e. The summed E-state index contributed by atoms with van der Waals surface area (Å²) in [6.07, 6.45) is 0. The maximum absolute atomic E-state index is 13.5. The van der Waals surface area contributed by atoms with Gasteiger partial charge in [-0.15, -0.1) is 11.8 Å². The molecule has 0 aliphatic rings. The Morgan fingerprint density at radius 1 is 1.20 bits per heavy atom. The van der Waals surface area contributed by atoms with Crippen molar-refractivity contribution in [2.75, 3.05) is 0 Å². The third-order valence-corrected chi connectivity index (χ3v) is 4.17. The van der Waals surface area contributed by atoms with E-state index in [1.54, 1.807) is 12.1 Å². The maximum atomic E-state index is 13.5. The first-order valence-corrected chi connectivity index (χ1v) is 7.35. The molecule has 0 saturated heterocycles. The van der Waals surface area contributed by atoms with Crippen LogP contribution in [0.2, 0.25) is 0 Å². The van der Waals surface area contributed by atoms with Gasteiger partial charge in [0.25, 0.3) is 0 Å². The first kappa shape index (κ1) is 15.0. The van der Waals surface area contributed by atoms with Crippen molar-refractivity contribution in [1.29, 1.82) is 0 Å². The Kier molecular flexibility index (Phi) is 4.77. The van der Waals surface area contributed by atoms with Gasteiger partial charge in [0.05, 0.1) is 5.56 Å². The Labute approximate surface area is 126 Å². The Hall–Kier alpha value is -1.40. The van der Waals surface area contributed by atoms with Gasteiger partial charge in [0, 0.05) is 21.2 Å². The van der Waals surface area contributed by atoms with Crippen LogP contribution in [0.1, 0.15) is 15.9 Å². The molecule has 1 N–H and O–H groups in total. The number of aromatic carboxylic acids is 1. The van der Waals surface area contributed by atoms with Crippen molar-refractivity contribution in [3.63, 3.8) is 0 Å². The summed E-state index contributed by atoms with van der Waals surface area (Å²) in [5, 5.41) is 9.09. The van der Waals surface area contributed by atoms with E-state index < -0.39 is 17.6 Å². The summed E-state index contributed by atoms with van der Waals surface area (Å²) < 4.78 is 27.1. The molecule has 0 unspecified atom stereocenters. The van der Waals surface area contributed by atoms with E-state index in [0.29, 0.717) is 10.5 Å². The van der Waals surface area contributed by atoms with Crippen molar-refractivity contribution in [2.24, 2.45) is 0 Å². The number of hydrogen-bond acceptors (Lipinski definition) is 2. The second kappa shape index (κ2) is 6.37. The first-order chi connectivity index (χ1) is 9.47. The van der Waals surface area contributed by atoms with E-state index in [4.69, 9.17) is 5.11 Å². The molecule has 0 aliphatic carbocycles. The number of hydrogen-bond donors (Lipinski definition) is 1. The minimum absolute atomic E-state index is 0.153. The van der Waals surface area contributed by atoms with Gasteiger partial charge in [-0.25, -0.2) is 13.6 Å². The lowest BCUT2D eigenvalue weighted by atomic mass is 10.2. The molecular formula is C14H9BrF2O2S. The van der Waals surface area contributed by atoms with Crippen molar-refractivity contribution in [3.05, 3.63) is 63.6 Å². The van der Waals surface area contributed by atoms with Crippen LogP contribution in [0.5, 0.6) is 0 Å². The minimum atomic E-state index is -1.04. The van der Waals surface area contributed by atoms with Crippen LogP contribution in [0.15, 0.2) is 45.8 Å². The molecule has 2 nitrogen and oxygen atoms in total. The predicted molar refractivity (Wildman–Crippen MR) is 77.0 cm³/mol. The van der Waals surface area contributed by atoms with Gasteiger partial charge in [-0.2, -0.15) is 0 Å². The molecule has 0 saturated carbocycles. The highest BCUT2D eigenvalue weighted by Gasteiger charge is 2.12. The predicted octanol–water partition coefficient (Wildman–Crippen LogP) is 4.72. The van der Waals surface area contributed by atoms with Gasteiger partial charge < -0.3 is 5.11 Å². The fourth-order valence-corrected chi connectivity index (χ4v) is 3.17. The second-order valence-electron chi connectivity index (χ2n) is 3.97. The van der Waals surface area contributed by atoms with Crippen molar-refractivity contribution in [1.82, 2.24) is 0 Å². The van der Waals surface area contributed by atoms with Crippen LogP contribution in [0.3, 0.4) is 0 Å². The highest BCUT2D eigenvalue weighted by atomic mass is 79.9. The molecule has 0 amide bonds. The normalized spacial score (nSPS) is 10.6. The first-order valence-electron chi connectivity index (χ1n) is 5.57. The van der Waals surface area contributed by atoms with E-state index in [1.165, 1.54) is 30.0 Å². The molecule has 0 bridgehead atoms. The van der Waals surface area contributed by atoms with E-state index in [2.05, 4.69) is 15.9 Å². The topological polar surface area (TPSA) is 37.3 Å². The third-order valence-electron chi connectivity index (χ3n) is 2.57. The minimum Gasteiger partial charge on any atom is -0.478 e. The Morgan fingerprint density at radius 3 is 2.60 bits per heavy atom. The van der Waals surface area contributed by atoms with Gasteiger partial charge in [0.2, 0.25) is 0 Å². The molecule has 0 aromatic heterocycles. The van der Waals surface area contributed by atoms with Crippen molar-refractivity contribution in [2.45, 2.75) is 10.6 Å². The highest BCUT2D eigenvalue weighted by Crippen LogP contribution is 2.30. The lowest BCUT2D eigenvalue weighted by Crippen LogP contribution is -1.99. The smallest absolute Gasteiger partial charge is 0.336 e. The van der Waals surface area contributed by atoms with Crippen molar-refractivity contribution >= 4 is 33.7 Å². The molecule has 0 heterocycles. The van der Waals surface area contributed by atoms with Crippen molar-refractivity contribution in [3.8, 4) is 0 Å². The molecule has 0 aliphatic heterocycles. The molecule has 0 radical (unpaired) electrons. The Balaban J connectivity index is 2.22. The molecule has 104 valence electrons. The number of halogens is 3. The number of carboxylic acids is 1. The lowest BCUT2D eigenvalue weighted by Gasteiger charge is -2.07. The van der Waals surface area contributed by atoms with Crippen LogP contribution < -0.4 is 0 Å². The summed E-state index contributed by atoms with van der Waals surface area (Å²) in [7, 11) is 0. The Morgan fingerprint density at radius 2 is 1.95 bits per heavy atom. The third kappa shape index (κ3) is 3.58. The average Bonchev–Trinajstić information content (AvgIpc) is 2.37. The fraction of sp³-hybridized carbons (Fsp3) is 0.0714. The molecule has 0 fully saturated rings. The fourth-order valence-electron chi connectivity index (χ4n) is 1.59. The van der Waals surface area contributed by atoms with Crippen LogP contribution in [0.25, 0.3) is 0 Å². The summed E-state index contributed by atoms with van der Waals surface area (Å²) >= 11 is 4.46. The number of carbonyl (C=O) groups is 1. The van der Waals surface area contributed by atoms with Crippen molar-refractivity contribution < 1.29 is 18.7 Å². The molecule has 0 atom stereocenters. The van der Waals surface area contributed by atoms with Crippen LogP contribution in [0.4, 0.5) is 8.78 Å². The zero-order valence-corrected chi connectivity index (χ0v) is 12.5. The van der Waals surface area contributed by atoms with Crippen LogP contribution >= 0.6 is 27.7 Å². The van der Waals surface area contributed by atoms with E-state index >= 15 is 0 Å². The zero-order valence-electron chi connectivity index (χ0n) is 10.1. The van der Waals surface area contributed by atoms with E-state index in [-0.39, 0.29) is 11.3 Å². The highest BCUT2D eigenvalue weighted by molar-refractivity contribution is 9.10. The molecule has 2 rings (SSSR count). The van der Waals surface area contributed by atoms with Gasteiger partial charge in [-0.1, -0.05) is 22.0 Å². The van der Waals surface area contributed by atoms with E-state index in [1.807, 2.05) is 0 Å². The summed E-state index contributed by atoms with van der Waals surface area (Å²) in [5.74, 6) is -2.09. The average molecular weight is 359 g/mol. The molecule has 20 heavy (non-hydrogen) atoms. The van der Waals surface area contributed by atoms with Crippen LogP contribution in [-0.2, 0) is 5.75 Å². The quantitative estimate of drug-likeness (QED) is 0.803. The summed E-state index contributed by atoms with van der Waals surface area (Å²) in [6.45, 7) is 0. The van der Waals surface area contributed by atoms with E-state index in [0.717, 1.165) is 10.5 Å². The summed E-state index contributed by atoms with van der Waals surface area (Å²) in [5.41, 5.74) is 0.480. The van der Waals surface area contributed by atoms with Gasteiger partial charge in [0.15, 0.2) is 0 Å². The van der Waals surface area contributed by atoms with Gasteiger partial charge in [-0.05, 0) is 29.8 Å². The standard InChI is InChI=1S/C14H9BrF2O2S/c15-9-2-4-11(14(18)19)13(5-9)20-7-8-1-3-10(16)6-12(8)17/h1-6H,7H2,(H,18,19). The van der Waals surface area contributed by atoms with Crippen LogP contribution in [-0.4, -0.2) is 11.1 Å². The SMILES string of the molecule is O=C(O)c1ccc(Br)cc1SCc1ccc(F)cc1F. The monoisotopic (exact) mass is 358 g/mol. The second-order valence-corrected chi connectivity index (χ2v) is 5.90. The molecule has 2 aromatic rings. The lowest BCUT2D eigenvalue weighted by molar-refractivity contribution is 0.0693. The van der Waals surface area contributed by atoms with E-state index in [9.17, 15) is 13.6 Å². The number of carboxylic acid groups (broad SMARTS) is 1. The summed E-state index contributed by atoms with van der Waals surface area (Å²) in [6, 6.07) is 8.13. The molecule has 6 heteroatoms. The Bertz CT molecular complexity index is 662. The van der Waals surface area contributed by atoms with Gasteiger partial charge in [-0.3, -0.25) is 0 Å². The number of thioether (sulfide) groups is 1. The largest absolute Gasteiger partial charge is 0.478 e.